The van der Waals surface area contributed by atoms with Gasteiger partial charge in [-0.25, -0.2) is 0 Å². The molecule has 1 N–H and O–H groups in total. The zero-order valence-electron chi connectivity index (χ0n) is 7.29. The molecule has 12 heavy (non-hydrogen) atoms. The van der Waals surface area contributed by atoms with E-state index in [1.807, 2.05) is 31.2 Å². The van der Waals surface area contributed by atoms with Crippen molar-refractivity contribution >= 4 is 5.97 Å². The first-order chi connectivity index (χ1) is 5.71. The predicted octanol–water partition coefficient (Wildman–Crippen LogP) is 2.37. The lowest BCUT2D eigenvalue weighted by Crippen LogP contribution is -2.27. The van der Waals surface area contributed by atoms with Crippen LogP contribution in [0.5, 0.6) is 0 Å². The summed E-state index contributed by atoms with van der Waals surface area (Å²) in [6.07, 6.45) is 9.74. The lowest BCUT2D eigenvalue weighted by molar-refractivity contribution is -0.148. The van der Waals surface area contributed by atoms with Crippen molar-refractivity contribution in [1.82, 2.24) is 0 Å². The number of hydrogen-bond donors (Lipinski definition) is 1. The summed E-state index contributed by atoms with van der Waals surface area (Å²) in [4.78, 5) is 11.0. The molecule has 2 heteroatoms. The molecule has 0 unspecified atom stereocenters. The first-order valence-electron chi connectivity index (χ1n) is 4.21. The largest absolute Gasteiger partial charge is 0.481 e. The van der Waals surface area contributed by atoms with Crippen LogP contribution in [0.2, 0.25) is 0 Å². The number of carboxylic acid groups (broad SMARTS) is 1. The van der Waals surface area contributed by atoms with Crippen LogP contribution < -0.4 is 0 Å². The van der Waals surface area contributed by atoms with Crippen molar-refractivity contribution in [2.45, 2.75) is 26.2 Å². The molecule has 0 atom stereocenters. The average molecular weight is 166 g/mol. The third kappa shape index (κ3) is 1.58. The molecule has 1 aliphatic carbocycles. The molecule has 1 rings (SSSR count). The molecule has 0 aromatic carbocycles. The molecular weight excluding hydrogens is 152 g/mol. The summed E-state index contributed by atoms with van der Waals surface area (Å²) in [5.74, 6) is -0.675. The minimum Gasteiger partial charge on any atom is -0.481 e. The van der Waals surface area contributed by atoms with Gasteiger partial charge in [0.25, 0.3) is 0 Å². The van der Waals surface area contributed by atoms with Crippen molar-refractivity contribution in [2.75, 3.05) is 0 Å². The van der Waals surface area contributed by atoms with Crippen LogP contribution in [0.1, 0.15) is 26.2 Å². The van der Waals surface area contributed by atoms with Crippen molar-refractivity contribution in [1.29, 1.82) is 0 Å². The minimum absolute atomic E-state index is 0.535. The molecule has 1 aliphatic rings. The first-order valence-corrected chi connectivity index (χ1v) is 4.21. The molecule has 0 bridgehead atoms. The van der Waals surface area contributed by atoms with Gasteiger partial charge in [-0.1, -0.05) is 24.3 Å². The zero-order chi connectivity index (χ0) is 9.03. The van der Waals surface area contributed by atoms with E-state index in [9.17, 15) is 4.79 Å². The Hall–Kier alpha value is -1.05. The maximum atomic E-state index is 11.0. The van der Waals surface area contributed by atoms with Crippen molar-refractivity contribution in [3.05, 3.63) is 24.3 Å². The molecule has 0 aliphatic heterocycles. The van der Waals surface area contributed by atoms with E-state index in [1.54, 1.807) is 0 Å². The standard InChI is InChI=1S/C10H14O2/c1-2-3-6-10(9(11)12)7-4-5-8-10/h2-5H,6-8H2,1H3,(H,11,12)/b3-2+. The Morgan fingerprint density at radius 2 is 2.17 bits per heavy atom. The fraction of sp³-hybridized carbons (Fsp3) is 0.500. The lowest BCUT2D eigenvalue weighted by atomic mass is 9.82. The Labute approximate surface area is 72.6 Å². The van der Waals surface area contributed by atoms with E-state index in [4.69, 9.17) is 5.11 Å². The molecule has 0 aromatic heterocycles. The van der Waals surface area contributed by atoms with Gasteiger partial charge in [-0.2, -0.15) is 0 Å². The third-order valence-corrected chi connectivity index (χ3v) is 2.38. The molecule has 2 nitrogen and oxygen atoms in total. The fourth-order valence-electron chi connectivity index (χ4n) is 1.47. The van der Waals surface area contributed by atoms with E-state index in [0.29, 0.717) is 19.3 Å². The van der Waals surface area contributed by atoms with Crippen molar-refractivity contribution < 1.29 is 9.90 Å². The van der Waals surface area contributed by atoms with Gasteiger partial charge in [-0.05, 0) is 26.2 Å². The van der Waals surface area contributed by atoms with Crippen LogP contribution >= 0.6 is 0 Å². The highest BCUT2D eigenvalue weighted by Crippen LogP contribution is 2.37. The number of rotatable bonds is 3. The van der Waals surface area contributed by atoms with Crippen LogP contribution in [0.25, 0.3) is 0 Å². The highest BCUT2D eigenvalue weighted by molar-refractivity contribution is 5.76. The number of carbonyl (C=O) groups is 1. The van der Waals surface area contributed by atoms with E-state index in [0.717, 1.165) is 0 Å². The SMILES string of the molecule is C/C=C/CC1(C(=O)O)CC=CC1. The topological polar surface area (TPSA) is 37.3 Å². The van der Waals surface area contributed by atoms with E-state index in [-0.39, 0.29) is 0 Å². The van der Waals surface area contributed by atoms with Gasteiger partial charge in [0.05, 0.1) is 5.41 Å². The summed E-state index contributed by atoms with van der Waals surface area (Å²) < 4.78 is 0. The van der Waals surface area contributed by atoms with Crippen molar-refractivity contribution in [3.63, 3.8) is 0 Å². The molecule has 0 spiro atoms. The summed E-state index contributed by atoms with van der Waals surface area (Å²) >= 11 is 0. The molecule has 0 amide bonds. The van der Waals surface area contributed by atoms with Crippen LogP contribution in [-0.4, -0.2) is 11.1 Å². The van der Waals surface area contributed by atoms with Crippen molar-refractivity contribution in [3.8, 4) is 0 Å². The molecule has 66 valence electrons. The Morgan fingerprint density at radius 3 is 2.58 bits per heavy atom. The van der Waals surface area contributed by atoms with Crippen LogP contribution in [0.3, 0.4) is 0 Å². The first kappa shape index (κ1) is 9.04. The maximum absolute atomic E-state index is 11.0. The average Bonchev–Trinajstić information content (AvgIpc) is 2.50. The molecular formula is C10H14O2. The van der Waals surface area contributed by atoms with E-state index in [1.165, 1.54) is 0 Å². The summed E-state index contributed by atoms with van der Waals surface area (Å²) in [5, 5.41) is 9.02. The van der Waals surface area contributed by atoms with Gasteiger partial charge in [0.15, 0.2) is 0 Å². The van der Waals surface area contributed by atoms with E-state index in [2.05, 4.69) is 0 Å². The van der Waals surface area contributed by atoms with Gasteiger partial charge in [0.2, 0.25) is 0 Å². The highest BCUT2D eigenvalue weighted by Gasteiger charge is 2.37. The van der Waals surface area contributed by atoms with Gasteiger partial charge in [0, 0.05) is 0 Å². The molecule has 0 radical (unpaired) electrons. The Morgan fingerprint density at radius 1 is 1.58 bits per heavy atom. The minimum atomic E-state index is -0.675. The number of carboxylic acids is 1. The summed E-state index contributed by atoms with van der Waals surface area (Å²) in [6.45, 7) is 1.91. The fourth-order valence-corrected chi connectivity index (χ4v) is 1.47. The van der Waals surface area contributed by atoms with Crippen LogP contribution in [-0.2, 0) is 4.79 Å². The van der Waals surface area contributed by atoms with Crippen molar-refractivity contribution in [2.24, 2.45) is 5.41 Å². The Kier molecular flexibility index (Phi) is 2.69. The third-order valence-electron chi connectivity index (χ3n) is 2.38. The van der Waals surface area contributed by atoms with Crippen LogP contribution in [0.4, 0.5) is 0 Å². The quantitative estimate of drug-likeness (QED) is 0.653. The number of aliphatic carboxylic acids is 1. The number of hydrogen-bond acceptors (Lipinski definition) is 1. The van der Waals surface area contributed by atoms with Gasteiger partial charge < -0.3 is 5.11 Å². The summed E-state index contributed by atoms with van der Waals surface area (Å²) in [5.41, 5.74) is -0.535. The highest BCUT2D eigenvalue weighted by atomic mass is 16.4. The molecule has 0 fully saturated rings. The second-order valence-electron chi connectivity index (χ2n) is 3.24. The zero-order valence-corrected chi connectivity index (χ0v) is 7.29. The summed E-state index contributed by atoms with van der Waals surface area (Å²) in [7, 11) is 0. The second-order valence-corrected chi connectivity index (χ2v) is 3.24. The maximum Gasteiger partial charge on any atom is 0.310 e. The predicted molar refractivity (Wildman–Crippen MR) is 47.9 cm³/mol. The van der Waals surface area contributed by atoms with Gasteiger partial charge >= 0.3 is 5.97 Å². The molecule has 0 aromatic rings. The Balaban J connectivity index is 2.67. The van der Waals surface area contributed by atoms with Crippen LogP contribution in [0.15, 0.2) is 24.3 Å². The number of allylic oxidation sites excluding steroid dienone is 4. The van der Waals surface area contributed by atoms with E-state index < -0.39 is 11.4 Å². The smallest absolute Gasteiger partial charge is 0.310 e. The van der Waals surface area contributed by atoms with Gasteiger partial charge in [-0.3, -0.25) is 4.79 Å². The Bertz CT molecular complexity index is 218. The second kappa shape index (κ2) is 3.57. The molecule has 0 saturated heterocycles. The van der Waals surface area contributed by atoms with Gasteiger partial charge in [-0.15, -0.1) is 0 Å². The molecule has 0 heterocycles. The van der Waals surface area contributed by atoms with Gasteiger partial charge in [0.1, 0.15) is 0 Å². The van der Waals surface area contributed by atoms with Crippen LogP contribution in [0, 0.1) is 5.41 Å². The lowest BCUT2D eigenvalue weighted by Gasteiger charge is -2.21. The van der Waals surface area contributed by atoms with E-state index >= 15 is 0 Å². The normalized spacial score (nSPS) is 20.4. The summed E-state index contributed by atoms with van der Waals surface area (Å²) in [6, 6.07) is 0. The molecule has 0 saturated carbocycles. The monoisotopic (exact) mass is 166 g/mol.